The summed E-state index contributed by atoms with van der Waals surface area (Å²) in [6.45, 7) is 0. The van der Waals surface area contributed by atoms with Crippen molar-refractivity contribution in [2.75, 3.05) is 0 Å². The number of hydrogen-bond acceptors (Lipinski definition) is 5. The number of nitrogens with zero attached hydrogens (tertiary/aromatic N) is 2. The highest BCUT2D eigenvalue weighted by molar-refractivity contribution is 5.99. The summed E-state index contributed by atoms with van der Waals surface area (Å²) < 4.78 is 5.49. The number of nitrogens with two attached hydrogens (primary N) is 1. The van der Waals surface area contributed by atoms with E-state index in [0.717, 1.165) is 12.0 Å². The molecule has 0 bridgehead atoms. The number of ether oxygens (including phenoxy) is 1. The predicted molar refractivity (Wildman–Crippen MR) is 70.8 cm³/mol. The fourth-order valence-corrected chi connectivity index (χ4v) is 2.74. The molecule has 5 heteroatoms. The Morgan fingerprint density at radius 3 is 3.00 bits per heavy atom. The van der Waals surface area contributed by atoms with E-state index < -0.39 is 5.92 Å². The number of nitriles is 1. The molecule has 0 unspecified atom stereocenters. The molecular weight excluding hydrogens is 254 g/mol. The normalized spacial score (nSPS) is 22.1. The molecule has 5 nitrogen and oxygen atoms in total. The number of aromatic nitrogens is 1. The Morgan fingerprint density at radius 2 is 2.30 bits per heavy atom. The molecule has 1 aliphatic carbocycles. The van der Waals surface area contributed by atoms with Gasteiger partial charge in [-0.25, -0.2) is 0 Å². The molecule has 0 radical (unpaired) electrons. The van der Waals surface area contributed by atoms with Crippen molar-refractivity contribution in [3.63, 3.8) is 0 Å². The fraction of sp³-hybridized carbons (Fsp3) is 0.267. The lowest BCUT2D eigenvalue weighted by molar-refractivity contribution is -0.116. The lowest BCUT2D eigenvalue weighted by atomic mass is 9.78. The van der Waals surface area contributed by atoms with E-state index in [1.807, 2.05) is 6.07 Å². The maximum Gasteiger partial charge on any atom is 0.205 e. The van der Waals surface area contributed by atoms with Crippen molar-refractivity contribution in [2.24, 2.45) is 5.73 Å². The summed E-state index contributed by atoms with van der Waals surface area (Å²) in [5, 5.41) is 9.35. The summed E-state index contributed by atoms with van der Waals surface area (Å²) >= 11 is 0. The quantitative estimate of drug-likeness (QED) is 0.839. The minimum atomic E-state index is -0.453. The van der Waals surface area contributed by atoms with Gasteiger partial charge in [0.1, 0.15) is 17.4 Å². The van der Waals surface area contributed by atoms with Crippen molar-refractivity contribution < 1.29 is 9.53 Å². The molecule has 2 N–H and O–H groups in total. The molecule has 0 saturated heterocycles. The number of carbonyl (C=O) groups is 1. The van der Waals surface area contributed by atoms with Crippen molar-refractivity contribution in [2.45, 2.75) is 25.2 Å². The molecule has 0 amide bonds. The highest BCUT2D eigenvalue weighted by atomic mass is 16.5. The van der Waals surface area contributed by atoms with E-state index in [2.05, 4.69) is 11.1 Å². The molecule has 1 aliphatic heterocycles. The summed E-state index contributed by atoms with van der Waals surface area (Å²) in [6.07, 6.45) is 5.23. The van der Waals surface area contributed by atoms with E-state index >= 15 is 0 Å². The van der Waals surface area contributed by atoms with Crippen molar-refractivity contribution in [3.8, 4) is 6.07 Å². The van der Waals surface area contributed by atoms with E-state index in [4.69, 9.17) is 10.5 Å². The fourth-order valence-electron chi connectivity index (χ4n) is 2.74. The largest absolute Gasteiger partial charge is 0.444 e. The maximum absolute atomic E-state index is 12.2. The zero-order valence-corrected chi connectivity index (χ0v) is 10.8. The number of ketones is 1. The topological polar surface area (TPSA) is 89.0 Å². The molecule has 3 rings (SSSR count). The number of pyridine rings is 1. The third kappa shape index (κ3) is 1.86. The second-order valence-electron chi connectivity index (χ2n) is 4.82. The molecule has 2 heterocycles. The highest BCUT2D eigenvalue weighted by Crippen LogP contribution is 2.42. The molecule has 2 aliphatic rings. The molecule has 20 heavy (non-hydrogen) atoms. The average Bonchev–Trinajstić information content (AvgIpc) is 2.47. The van der Waals surface area contributed by atoms with Crippen LogP contribution in [-0.2, 0) is 9.53 Å². The molecular formula is C15H13N3O2. The van der Waals surface area contributed by atoms with E-state index in [0.29, 0.717) is 24.2 Å². The first-order valence-corrected chi connectivity index (χ1v) is 6.46. The summed E-state index contributed by atoms with van der Waals surface area (Å²) in [5.41, 5.74) is 7.48. The van der Waals surface area contributed by atoms with Gasteiger partial charge >= 0.3 is 0 Å². The minimum absolute atomic E-state index is 0.0281. The van der Waals surface area contributed by atoms with Gasteiger partial charge in [0.25, 0.3) is 0 Å². The van der Waals surface area contributed by atoms with Gasteiger partial charge in [0.2, 0.25) is 5.88 Å². The third-order valence-electron chi connectivity index (χ3n) is 3.62. The SMILES string of the molecule is N#CC1=C(N)OC2=C(C(=O)CCC2)[C@H]1c1cccnc1. The first-order valence-electron chi connectivity index (χ1n) is 6.46. The van der Waals surface area contributed by atoms with Gasteiger partial charge in [-0.3, -0.25) is 9.78 Å². The Morgan fingerprint density at radius 1 is 1.45 bits per heavy atom. The smallest absolute Gasteiger partial charge is 0.205 e. The lowest BCUT2D eigenvalue weighted by Crippen LogP contribution is -2.27. The van der Waals surface area contributed by atoms with Crippen LogP contribution in [0, 0.1) is 11.3 Å². The second kappa shape index (κ2) is 4.82. The van der Waals surface area contributed by atoms with Gasteiger partial charge in [0.05, 0.1) is 5.92 Å². The molecule has 0 spiro atoms. The Balaban J connectivity index is 2.18. The molecule has 0 saturated carbocycles. The van der Waals surface area contributed by atoms with Crippen molar-refractivity contribution in [1.29, 1.82) is 5.26 Å². The van der Waals surface area contributed by atoms with Crippen LogP contribution in [0.2, 0.25) is 0 Å². The third-order valence-corrected chi connectivity index (χ3v) is 3.62. The summed E-state index contributed by atoms with van der Waals surface area (Å²) in [5.74, 6) is 0.270. The molecule has 0 aromatic carbocycles. The zero-order chi connectivity index (χ0) is 14.1. The number of Topliss-reactive ketones (excluding diaryl/α,β-unsaturated/α-hetero) is 1. The van der Waals surface area contributed by atoms with Crippen LogP contribution in [0.25, 0.3) is 0 Å². The minimum Gasteiger partial charge on any atom is -0.444 e. The van der Waals surface area contributed by atoms with Crippen LogP contribution >= 0.6 is 0 Å². The van der Waals surface area contributed by atoms with Crippen LogP contribution in [0.1, 0.15) is 30.7 Å². The van der Waals surface area contributed by atoms with E-state index in [1.54, 1.807) is 18.5 Å². The molecule has 1 atom stereocenters. The van der Waals surface area contributed by atoms with Gasteiger partial charge in [-0.1, -0.05) is 6.07 Å². The zero-order valence-electron chi connectivity index (χ0n) is 10.8. The van der Waals surface area contributed by atoms with Crippen LogP contribution in [0.5, 0.6) is 0 Å². The Hall–Kier alpha value is -2.61. The van der Waals surface area contributed by atoms with Crippen LogP contribution < -0.4 is 5.73 Å². The van der Waals surface area contributed by atoms with E-state index in [1.165, 1.54) is 0 Å². The van der Waals surface area contributed by atoms with Crippen molar-refractivity contribution in [3.05, 3.63) is 52.9 Å². The number of carbonyl (C=O) groups excluding carboxylic acids is 1. The van der Waals surface area contributed by atoms with Gasteiger partial charge in [-0.15, -0.1) is 0 Å². The first kappa shape index (κ1) is 12.4. The van der Waals surface area contributed by atoms with Gasteiger partial charge in [0.15, 0.2) is 5.78 Å². The number of rotatable bonds is 1. The van der Waals surface area contributed by atoms with Crippen LogP contribution in [0.15, 0.2) is 47.3 Å². The average molecular weight is 267 g/mol. The molecule has 100 valence electrons. The monoisotopic (exact) mass is 267 g/mol. The predicted octanol–water partition coefficient (Wildman–Crippen LogP) is 1.90. The van der Waals surface area contributed by atoms with Gasteiger partial charge in [0, 0.05) is 30.8 Å². The lowest BCUT2D eigenvalue weighted by Gasteiger charge is -2.30. The molecule has 1 aromatic heterocycles. The standard InChI is InChI=1S/C15H13N3O2/c16-7-10-13(9-3-2-6-18-8-9)14-11(19)4-1-5-12(14)20-15(10)17/h2-3,6,8,13H,1,4-5,17H2/t13-/m0/s1. The first-order chi connectivity index (χ1) is 9.72. The van der Waals surface area contributed by atoms with Crippen LogP contribution in [0.4, 0.5) is 0 Å². The highest BCUT2D eigenvalue weighted by Gasteiger charge is 2.37. The Kier molecular flexibility index (Phi) is 2.99. The Labute approximate surface area is 116 Å². The van der Waals surface area contributed by atoms with E-state index in [-0.39, 0.29) is 17.2 Å². The number of hydrogen-bond donors (Lipinski definition) is 1. The van der Waals surface area contributed by atoms with Crippen molar-refractivity contribution >= 4 is 5.78 Å². The Bertz CT molecular complexity index is 668. The molecule has 1 aromatic rings. The van der Waals surface area contributed by atoms with Crippen LogP contribution in [0.3, 0.4) is 0 Å². The number of allylic oxidation sites excluding steroid dienone is 3. The molecule has 0 fully saturated rings. The summed E-state index contributed by atoms with van der Waals surface area (Å²) in [7, 11) is 0. The van der Waals surface area contributed by atoms with Gasteiger partial charge < -0.3 is 10.5 Å². The van der Waals surface area contributed by atoms with Crippen LogP contribution in [-0.4, -0.2) is 10.8 Å². The van der Waals surface area contributed by atoms with E-state index in [9.17, 15) is 10.1 Å². The van der Waals surface area contributed by atoms with Gasteiger partial charge in [-0.2, -0.15) is 5.26 Å². The van der Waals surface area contributed by atoms with Crippen molar-refractivity contribution in [1.82, 2.24) is 4.98 Å². The maximum atomic E-state index is 12.2. The summed E-state index contributed by atoms with van der Waals surface area (Å²) in [6, 6.07) is 5.70. The second-order valence-corrected chi connectivity index (χ2v) is 4.82. The van der Waals surface area contributed by atoms with Gasteiger partial charge in [-0.05, 0) is 18.1 Å². The summed E-state index contributed by atoms with van der Waals surface area (Å²) in [4.78, 5) is 16.3.